The highest BCUT2D eigenvalue weighted by Gasteiger charge is 2.32. The van der Waals surface area contributed by atoms with Crippen molar-refractivity contribution in [3.63, 3.8) is 0 Å². The monoisotopic (exact) mass is 536 g/mol. The average Bonchev–Trinajstić information content (AvgIpc) is 2.88. The Morgan fingerprint density at radius 2 is 1.05 bits per heavy atom. The van der Waals surface area contributed by atoms with Crippen LogP contribution in [0.3, 0.4) is 0 Å². The van der Waals surface area contributed by atoms with E-state index in [0.717, 1.165) is 5.56 Å². The first kappa shape index (κ1) is 32.6. The zero-order valence-electron chi connectivity index (χ0n) is 21.3. The minimum atomic E-state index is -3.80. The van der Waals surface area contributed by atoms with Crippen molar-refractivity contribution in [3.05, 3.63) is 29.8 Å². The molecule has 204 valence electrons. The van der Waals surface area contributed by atoms with Gasteiger partial charge >= 0.3 is 0 Å². The molecule has 0 atom stereocenters. The third-order valence-corrected chi connectivity index (χ3v) is 6.04. The molecule has 0 aliphatic rings. The fraction of sp³-hybridized carbons (Fsp3) is 0.556. The number of terminal acetylenes is 3. The second-order valence-electron chi connectivity index (χ2n) is 7.96. The van der Waals surface area contributed by atoms with Crippen LogP contribution in [0.4, 0.5) is 0 Å². The van der Waals surface area contributed by atoms with Gasteiger partial charge in [-0.1, -0.05) is 35.5 Å². The number of rotatable bonds is 22. The van der Waals surface area contributed by atoms with Gasteiger partial charge in [-0.25, -0.2) is 0 Å². The first-order valence-corrected chi connectivity index (χ1v) is 13.0. The molecule has 0 spiro atoms. The molecule has 0 fully saturated rings. The van der Waals surface area contributed by atoms with E-state index in [-0.39, 0.29) is 71.0 Å². The summed E-state index contributed by atoms with van der Waals surface area (Å²) < 4.78 is 62.4. The lowest BCUT2D eigenvalue weighted by Crippen LogP contribution is -2.42. The summed E-state index contributed by atoms with van der Waals surface area (Å²) in [6.07, 6.45) is 15.8. The van der Waals surface area contributed by atoms with Gasteiger partial charge in [0.1, 0.15) is 19.8 Å². The summed E-state index contributed by atoms with van der Waals surface area (Å²) in [6.45, 7) is 4.48. The largest absolute Gasteiger partial charge is 0.378 e. The van der Waals surface area contributed by atoms with Gasteiger partial charge in [0, 0.05) is 0 Å². The summed E-state index contributed by atoms with van der Waals surface area (Å²) >= 11 is 0. The van der Waals surface area contributed by atoms with Crippen molar-refractivity contribution in [2.45, 2.75) is 11.8 Å². The predicted molar refractivity (Wildman–Crippen MR) is 138 cm³/mol. The van der Waals surface area contributed by atoms with Gasteiger partial charge in [0.25, 0.3) is 10.1 Å². The van der Waals surface area contributed by atoms with Gasteiger partial charge in [-0.3, -0.25) is 4.18 Å². The minimum Gasteiger partial charge on any atom is -0.378 e. The molecule has 0 N–H and O–H groups in total. The number of aryl methyl sites for hydroxylation is 1. The summed E-state index contributed by atoms with van der Waals surface area (Å²) in [7, 11) is -3.80. The highest BCUT2D eigenvalue weighted by atomic mass is 32.2. The fourth-order valence-electron chi connectivity index (χ4n) is 2.93. The Morgan fingerprint density at radius 3 is 1.51 bits per heavy atom. The van der Waals surface area contributed by atoms with E-state index < -0.39 is 15.5 Å². The molecular formula is C27H36O9S. The lowest BCUT2D eigenvalue weighted by atomic mass is 9.92. The first-order valence-electron chi connectivity index (χ1n) is 11.6. The SMILES string of the molecule is C#CCOCC(COCC#C)(COCC#C)COCCOCCOCCOS(=O)(=O)c1ccc(C)cc1. The molecule has 0 aliphatic heterocycles. The van der Waals surface area contributed by atoms with Crippen molar-refractivity contribution in [1.29, 1.82) is 0 Å². The Labute approximate surface area is 221 Å². The molecule has 0 unspecified atom stereocenters. The average molecular weight is 537 g/mol. The standard InChI is InChI=1S/C27H36O9S/c1-5-12-32-21-27(22-33-13-6-2,23-34-14-7-3)24-35-18-17-30-15-16-31-19-20-36-37(28,29)26-10-8-25(4)9-11-26/h1-3,8-11H,12-24H2,4H3. The second-order valence-corrected chi connectivity index (χ2v) is 9.57. The van der Waals surface area contributed by atoms with Crippen LogP contribution in [0.1, 0.15) is 5.56 Å². The Balaban J connectivity index is 2.27. The van der Waals surface area contributed by atoms with Gasteiger partial charge in [-0.2, -0.15) is 8.42 Å². The van der Waals surface area contributed by atoms with Crippen LogP contribution in [0.25, 0.3) is 0 Å². The van der Waals surface area contributed by atoms with Gasteiger partial charge < -0.3 is 28.4 Å². The molecule has 0 saturated heterocycles. The molecule has 1 rings (SSSR count). The number of hydrogen-bond acceptors (Lipinski definition) is 9. The van der Waals surface area contributed by atoms with Gasteiger partial charge in [0.15, 0.2) is 0 Å². The normalized spacial score (nSPS) is 11.5. The lowest BCUT2D eigenvalue weighted by molar-refractivity contribution is -0.102. The lowest BCUT2D eigenvalue weighted by Gasteiger charge is -2.32. The summed E-state index contributed by atoms with van der Waals surface area (Å²) in [4.78, 5) is 0.110. The fourth-order valence-corrected chi connectivity index (χ4v) is 3.83. The zero-order chi connectivity index (χ0) is 27.2. The van der Waals surface area contributed by atoms with E-state index in [4.69, 9.17) is 51.9 Å². The van der Waals surface area contributed by atoms with Crippen molar-refractivity contribution in [2.24, 2.45) is 5.41 Å². The van der Waals surface area contributed by atoms with Gasteiger partial charge in [0.05, 0.1) is 76.4 Å². The zero-order valence-corrected chi connectivity index (χ0v) is 22.1. The van der Waals surface area contributed by atoms with E-state index in [2.05, 4.69) is 17.8 Å². The van der Waals surface area contributed by atoms with E-state index in [1.807, 2.05) is 6.92 Å². The molecule has 0 aromatic heterocycles. The third kappa shape index (κ3) is 14.8. The van der Waals surface area contributed by atoms with Crippen LogP contribution >= 0.6 is 0 Å². The Kier molecular flexibility index (Phi) is 17.3. The van der Waals surface area contributed by atoms with Crippen LogP contribution in [-0.4, -0.2) is 94.3 Å². The molecule has 1 aromatic carbocycles. The molecule has 0 saturated carbocycles. The molecule has 0 radical (unpaired) electrons. The van der Waals surface area contributed by atoms with Crippen molar-refractivity contribution >= 4 is 10.1 Å². The molecule has 37 heavy (non-hydrogen) atoms. The topological polar surface area (TPSA) is 98.8 Å². The Hall–Kier alpha value is -2.43. The van der Waals surface area contributed by atoms with E-state index in [1.54, 1.807) is 12.1 Å². The smallest absolute Gasteiger partial charge is 0.297 e. The maximum absolute atomic E-state index is 12.1. The minimum absolute atomic E-state index is 0.0906. The highest BCUT2D eigenvalue weighted by molar-refractivity contribution is 7.86. The van der Waals surface area contributed by atoms with Crippen LogP contribution in [0.5, 0.6) is 0 Å². The number of ether oxygens (including phenoxy) is 6. The first-order chi connectivity index (χ1) is 17.9. The van der Waals surface area contributed by atoms with Crippen LogP contribution in [0.15, 0.2) is 29.2 Å². The van der Waals surface area contributed by atoms with Crippen LogP contribution in [-0.2, 0) is 42.7 Å². The van der Waals surface area contributed by atoms with Crippen molar-refractivity contribution in [1.82, 2.24) is 0 Å². The van der Waals surface area contributed by atoms with Crippen LogP contribution < -0.4 is 0 Å². The summed E-state index contributed by atoms with van der Waals surface area (Å²) in [5, 5.41) is 0. The maximum Gasteiger partial charge on any atom is 0.297 e. The molecular weight excluding hydrogens is 500 g/mol. The summed E-state index contributed by atoms with van der Waals surface area (Å²) in [5.41, 5.74) is 0.316. The summed E-state index contributed by atoms with van der Waals surface area (Å²) in [6, 6.07) is 6.43. The highest BCUT2D eigenvalue weighted by Crippen LogP contribution is 2.21. The Morgan fingerprint density at radius 1 is 0.649 bits per heavy atom. The van der Waals surface area contributed by atoms with Crippen LogP contribution in [0.2, 0.25) is 0 Å². The molecule has 1 aromatic rings. The van der Waals surface area contributed by atoms with Crippen LogP contribution in [0, 0.1) is 49.4 Å². The van der Waals surface area contributed by atoms with Crippen molar-refractivity contribution in [2.75, 3.05) is 85.9 Å². The molecule has 0 bridgehead atoms. The molecule has 9 nitrogen and oxygen atoms in total. The third-order valence-electron chi connectivity index (χ3n) is 4.71. The van der Waals surface area contributed by atoms with Crippen molar-refractivity contribution in [3.8, 4) is 37.0 Å². The maximum atomic E-state index is 12.1. The Bertz CT molecular complexity index is 919. The number of hydrogen-bond donors (Lipinski definition) is 0. The molecule has 0 heterocycles. The quantitative estimate of drug-likeness (QED) is 0.125. The summed E-state index contributed by atoms with van der Waals surface area (Å²) in [5.74, 6) is 7.26. The van der Waals surface area contributed by atoms with Crippen molar-refractivity contribution < 1.29 is 41.0 Å². The van der Waals surface area contributed by atoms with Gasteiger partial charge in [-0.15, -0.1) is 19.3 Å². The van der Waals surface area contributed by atoms with Gasteiger partial charge in [-0.05, 0) is 19.1 Å². The molecule has 0 aliphatic carbocycles. The van der Waals surface area contributed by atoms with Gasteiger partial charge in [0.2, 0.25) is 0 Å². The second kappa shape index (κ2) is 19.7. The molecule has 0 amide bonds. The van der Waals surface area contributed by atoms with E-state index >= 15 is 0 Å². The molecule has 10 heteroatoms. The predicted octanol–water partition coefficient (Wildman–Crippen LogP) is 1.69. The number of benzene rings is 1. The van der Waals surface area contributed by atoms with E-state index in [0.29, 0.717) is 19.8 Å². The van der Waals surface area contributed by atoms with E-state index in [9.17, 15) is 8.42 Å². The van der Waals surface area contributed by atoms with E-state index in [1.165, 1.54) is 12.1 Å².